The molecule has 1 heterocycles. The number of hydrogen-bond acceptors (Lipinski definition) is 4. The van der Waals surface area contributed by atoms with E-state index in [9.17, 15) is 4.39 Å². The molecule has 2 atom stereocenters. The van der Waals surface area contributed by atoms with E-state index in [1.54, 1.807) is 12.1 Å². The van der Waals surface area contributed by atoms with Gasteiger partial charge in [0.05, 0.1) is 5.92 Å². The number of benzene rings is 1. The molecule has 0 aliphatic carbocycles. The Morgan fingerprint density at radius 1 is 1.42 bits per heavy atom. The van der Waals surface area contributed by atoms with Crippen LogP contribution >= 0.6 is 0 Å². The largest absolute Gasteiger partial charge is 0.339 e. The summed E-state index contributed by atoms with van der Waals surface area (Å²) < 4.78 is 18.5. The summed E-state index contributed by atoms with van der Waals surface area (Å²) in [4.78, 5) is 4.38. The van der Waals surface area contributed by atoms with Gasteiger partial charge in [-0.25, -0.2) is 4.39 Å². The van der Waals surface area contributed by atoms with Gasteiger partial charge in [0, 0.05) is 11.6 Å². The lowest BCUT2D eigenvalue weighted by molar-refractivity contribution is 0.322. The molecular weight excluding hydrogens is 245 g/mol. The normalized spacial score (nSPS) is 14.3. The average molecular weight is 263 g/mol. The summed E-state index contributed by atoms with van der Waals surface area (Å²) in [5.41, 5.74) is 0.627. The molecule has 1 aromatic heterocycles. The number of nitrogens with zero attached hydrogens (tertiary/aromatic N) is 2. The van der Waals surface area contributed by atoms with E-state index in [2.05, 4.69) is 29.3 Å². The van der Waals surface area contributed by atoms with Crippen LogP contribution in [0.1, 0.15) is 32.1 Å². The molecule has 0 aliphatic heterocycles. The van der Waals surface area contributed by atoms with E-state index in [0.717, 1.165) is 6.42 Å². The first-order valence-corrected chi connectivity index (χ1v) is 6.42. The van der Waals surface area contributed by atoms with E-state index >= 15 is 0 Å². The highest BCUT2D eigenvalue weighted by atomic mass is 19.1. The minimum atomic E-state index is -0.306. The number of halogens is 1. The zero-order valence-corrected chi connectivity index (χ0v) is 11.4. The number of aromatic nitrogens is 2. The molecule has 2 unspecified atom stereocenters. The molecular formula is C14H18FN3O. The number of hydrogen-bond donors (Lipinski definition) is 1. The lowest BCUT2D eigenvalue weighted by atomic mass is 9.98. The van der Waals surface area contributed by atoms with Crippen LogP contribution in [0.4, 0.5) is 4.39 Å². The summed E-state index contributed by atoms with van der Waals surface area (Å²) in [5, 5.41) is 7.12. The molecule has 19 heavy (non-hydrogen) atoms. The van der Waals surface area contributed by atoms with Crippen LogP contribution in [0.2, 0.25) is 0 Å². The van der Waals surface area contributed by atoms with E-state index < -0.39 is 0 Å². The minimum Gasteiger partial charge on any atom is -0.339 e. The third-order valence-corrected chi connectivity index (χ3v) is 3.34. The van der Waals surface area contributed by atoms with Crippen LogP contribution in [0, 0.1) is 5.82 Å². The Bertz CT molecular complexity index is 541. The Balaban J connectivity index is 2.28. The van der Waals surface area contributed by atoms with Crippen molar-refractivity contribution in [2.75, 3.05) is 7.05 Å². The first-order chi connectivity index (χ1) is 9.15. The molecule has 0 saturated carbocycles. The van der Waals surface area contributed by atoms with Gasteiger partial charge in [-0.1, -0.05) is 24.2 Å². The van der Waals surface area contributed by atoms with Crippen molar-refractivity contribution in [1.82, 2.24) is 15.5 Å². The second-order valence-electron chi connectivity index (χ2n) is 4.56. The van der Waals surface area contributed by atoms with Gasteiger partial charge < -0.3 is 9.84 Å². The monoisotopic (exact) mass is 263 g/mol. The van der Waals surface area contributed by atoms with E-state index in [-0.39, 0.29) is 17.8 Å². The summed E-state index contributed by atoms with van der Waals surface area (Å²) in [6.07, 6.45) is 0.896. The number of nitrogens with one attached hydrogen (secondary N) is 1. The highest BCUT2D eigenvalue weighted by Crippen LogP contribution is 2.24. The maximum Gasteiger partial charge on any atom is 0.231 e. The Hall–Kier alpha value is -1.75. The van der Waals surface area contributed by atoms with Crippen molar-refractivity contribution >= 4 is 0 Å². The molecule has 4 nitrogen and oxygen atoms in total. The fourth-order valence-corrected chi connectivity index (χ4v) is 2.07. The van der Waals surface area contributed by atoms with Crippen LogP contribution in [-0.4, -0.2) is 23.2 Å². The van der Waals surface area contributed by atoms with E-state index in [1.165, 1.54) is 12.1 Å². The van der Waals surface area contributed by atoms with Crippen LogP contribution < -0.4 is 5.32 Å². The predicted octanol–water partition coefficient (Wildman–Crippen LogP) is 2.98. The first kappa shape index (κ1) is 13.7. The highest BCUT2D eigenvalue weighted by Gasteiger charge is 2.22. The van der Waals surface area contributed by atoms with Gasteiger partial charge in [0.1, 0.15) is 5.82 Å². The van der Waals surface area contributed by atoms with Crippen LogP contribution in [0.15, 0.2) is 28.8 Å². The Kier molecular flexibility index (Phi) is 4.27. The van der Waals surface area contributed by atoms with Crippen LogP contribution in [0.3, 0.4) is 0 Å². The molecule has 2 aromatic rings. The molecule has 2 rings (SSSR count). The van der Waals surface area contributed by atoms with Gasteiger partial charge in [0.15, 0.2) is 0 Å². The quantitative estimate of drug-likeness (QED) is 0.901. The fourth-order valence-electron chi connectivity index (χ4n) is 2.07. The standard InChI is InChI=1S/C14H18FN3O/c1-4-12(9(2)16-3)14-17-13(18-19-14)10-6-5-7-11(15)8-10/h5-9,12,16H,4H2,1-3H3. The van der Waals surface area contributed by atoms with Gasteiger partial charge >= 0.3 is 0 Å². The van der Waals surface area contributed by atoms with Crippen LogP contribution in [0.5, 0.6) is 0 Å². The molecule has 1 N–H and O–H groups in total. The maximum absolute atomic E-state index is 13.2. The zero-order valence-electron chi connectivity index (χ0n) is 11.4. The van der Waals surface area contributed by atoms with Crippen molar-refractivity contribution in [1.29, 1.82) is 0 Å². The summed E-state index contributed by atoms with van der Waals surface area (Å²) in [6, 6.07) is 6.43. The second-order valence-corrected chi connectivity index (χ2v) is 4.56. The Morgan fingerprint density at radius 3 is 2.84 bits per heavy atom. The SMILES string of the molecule is CCC(c1nc(-c2cccc(F)c2)no1)C(C)NC. The van der Waals surface area contributed by atoms with E-state index in [1.807, 2.05) is 7.05 Å². The predicted molar refractivity (Wildman–Crippen MR) is 71.2 cm³/mol. The molecule has 0 amide bonds. The molecule has 0 radical (unpaired) electrons. The maximum atomic E-state index is 13.2. The van der Waals surface area contributed by atoms with Crippen molar-refractivity contribution in [2.24, 2.45) is 0 Å². The van der Waals surface area contributed by atoms with Crippen LogP contribution in [-0.2, 0) is 0 Å². The highest BCUT2D eigenvalue weighted by molar-refractivity contribution is 5.53. The summed E-state index contributed by atoms with van der Waals surface area (Å²) in [7, 11) is 1.90. The molecule has 102 valence electrons. The molecule has 5 heteroatoms. The molecule has 0 bridgehead atoms. The first-order valence-electron chi connectivity index (χ1n) is 6.42. The Morgan fingerprint density at radius 2 is 2.21 bits per heavy atom. The topological polar surface area (TPSA) is 51.0 Å². The summed E-state index contributed by atoms with van der Waals surface area (Å²) >= 11 is 0. The lowest BCUT2D eigenvalue weighted by Crippen LogP contribution is -2.28. The van der Waals surface area contributed by atoms with Gasteiger partial charge in [0.2, 0.25) is 11.7 Å². The molecule has 0 saturated heterocycles. The molecule has 1 aromatic carbocycles. The van der Waals surface area contributed by atoms with E-state index in [4.69, 9.17) is 4.52 Å². The van der Waals surface area contributed by atoms with Gasteiger partial charge in [-0.05, 0) is 32.5 Å². The van der Waals surface area contributed by atoms with Crippen molar-refractivity contribution < 1.29 is 8.91 Å². The lowest BCUT2D eigenvalue weighted by Gasteiger charge is -2.17. The molecule has 0 spiro atoms. The van der Waals surface area contributed by atoms with Crippen molar-refractivity contribution in [3.05, 3.63) is 36.0 Å². The van der Waals surface area contributed by atoms with Gasteiger partial charge in [-0.15, -0.1) is 0 Å². The number of likely N-dealkylation sites (N-methyl/N-ethyl adjacent to an activating group) is 1. The smallest absolute Gasteiger partial charge is 0.231 e. The third kappa shape index (κ3) is 2.98. The Labute approximate surface area is 112 Å². The van der Waals surface area contributed by atoms with E-state index in [0.29, 0.717) is 17.3 Å². The van der Waals surface area contributed by atoms with Gasteiger partial charge in [0.25, 0.3) is 0 Å². The third-order valence-electron chi connectivity index (χ3n) is 3.34. The minimum absolute atomic E-state index is 0.153. The summed E-state index contributed by atoms with van der Waals surface area (Å²) in [5.74, 6) is 0.860. The molecule has 0 aliphatic rings. The van der Waals surface area contributed by atoms with Crippen molar-refractivity contribution in [3.63, 3.8) is 0 Å². The molecule has 0 fully saturated rings. The van der Waals surface area contributed by atoms with Gasteiger partial charge in [-0.2, -0.15) is 4.98 Å². The van der Waals surface area contributed by atoms with Gasteiger partial charge in [-0.3, -0.25) is 0 Å². The number of rotatable bonds is 5. The average Bonchev–Trinajstić information content (AvgIpc) is 2.89. The zero-order chi connectivity index (χ0) is 13.8. The van der Waals surface area contributed by atoms with Crippen LogP contribution in [0.25, 0.3) is 11.4 Å². The van der Waals surface area contributed by atoms with Crippen molar-refractivity contribution in [3.8, 4) is 11.4 Å². The fraction of sp³-hybridized carbons (Fsp3) is 0.429. The second kappa shape index (κ2) is 5.93. The summed E-state index contributed by atoms with van der Waals surface area (Å²) in [6.45, 7) is 4.14. The van der Waals surface area contributed by atoms with Crippen molar-refractivity contribution in [2.45, 2.75) is 32.2 Å².